The van der Waals surface area contributed by atoms with Crippen molar-refractivity contribution in [1.82, 2.24) is 5.43 Å². The van der Waals surface area contributed by atoms with Crippen LogP contribution in [0.15, 0.2) is 0 Å². The van der Waals surface area contributed by atoms with Gasteiger partial charge in [0.2, 0.25) is 0 Å². The molecule has 14 heavy (non-hydrogen) atoms. The first kappa shape index (κ1) is 13.8. The second kappa shape index (κ2) is 9.40. The van der Waals surface area contributed by atoms with Gasteiger partial charge in [0.25, 0.3) is 0 Å². The molecule has 0 aliphatic carbocycles. The maximum atomic E-state index is 5.43. The van der Waals surface area contributed by atoms with E-state index in [0.29, 0.717) is 0 Å². The number of hydrogen-bond acceptors (Lipinski definition) is 4. The number of rotatable bonds is 9. The molecule has 3 N–H and O–H groups in total. The average molecular weight is 204 g/mol. The SMILES string of the molecule is CCCCCCC(NN)C(OC)OC. The Bertz CT molecular complexity index is 119. The standard InChI is InChI=1S/C10H24N2O2/c1-4-5-6-7-8-9(12-11)10(13-2)14-3/h9-10,12H,4-8,11H2,1-3H3. The third-order valence-corrected chi connectivity index (χ3v) is 2.38. The summed E-state index contributed by atoms with van der Waals surface area (Å²) in [6.07, 6.45) is 5.67. The third kappa shape index (κ3) is 5.54. The first-order valence-electron chi connectivity index (χ1n) is 5.31. The molecule has 0 spiro atoms. The molecule has 0 fully saturated rings. The molecule has 0 aromatic carbocycles. The van der Waals surface area contributed by atoms with Crippen molar-refractivity contribution < 1.29 is 9.47 Å². The summed E-state index contributed by atoms with van der Waals surface area (Å²) in [6.45, 7) is 2.20. The summed E-state index contributed by atoms with van der Waals surface area (Å²) in [6, 6.07) is 0.0851. The molecule has 0 aromatic heterocycles. The van der Waals surface area contributed by atoms with Gasteiger partial charge in [0.05, 0.1) is 6.04 Å². The van der Waals surface area contributed by atoms with Crippen LogP contribution < -0.4 is 11.3 Å². The van der Waals surface area contributed by atoms with E-state index in [9.17, 15) is 0 Å². The molecule has 0 saturated heterocycles. The molecular weight excluding hydrogens is 180 g/mol. The van der Waals surface area contributed by atoms with Gasteiger partial charge in [-0.2, -0.15) is 0 Å². The predicted octanol–water partition coefficient (Wildman–Crippen LogP) is 1.41. The first-order chi connectivity index (χ1) is 6.79. The maximum Gasteiger partial charge on any atom is 0.173 e. The van der Waals surface area contributed by atoms with Gasteiger partial charge in [-0.05, 0) is 6.42 Å². The van der Waals surface area contributed by atoms with E-state index in [1.54, 1.807) is 14.2 Å². The molecule has 0 amide bonds. The number of methoxy groups -OCH3 is 2. The molecule has 0 heterocycles. The quantitative estimate of drug-likeness (QED) is 0.258. The van der Waals surface area contributed by atoms with Gasteiger partial charge >= 0.3 is 0 Å². The number of nitrogens with two attached hydrogens (primary N) is 1. The van der Waals surface area contributed by atoms with E-state index in [2.05, 4.69) is 12.3 Å². The van der Waals surface area contributed by atoms with Crippen LogP contribution in [0.3, 0.4) is 0 Å². The lowest BCUT2D eigenvalue weighted by Crippen LogP contribution is -2.45. The van der Waals surface area contributed by atoms with Crippen LogP contribution in [-0.4, -0.2) is 26.6 Å². The molecule has 0 rings (SSSR count). The highest BCUT2D eigenvalue weighted by Crippen LogP contribution is 2.09. The van der Waals surface area contributed by atoms with Gasteiger partial charge in [-0.15, -0.1) is 0 Å². The van der Waals surface area contributed by atoms with Crippen LogP contribution >= 0.6 is 0 Å². The largest absolute Gasteiger partial charge is 0.354 e. The molecule has 0 aliphatic heterocycles. The van der Waals surface area contributed by atoms with Crippen molar-refractivity contribution in [2.75, 3.05) is 14.2 Å². The van der Waals surface area contributed by atoms with Crippen molar-refractivity contribution in [3.63, 3.8) is 0 Å². The molecule has 0 bridgehead atoms. The van der Waals surface area contributed by atoms with E-state index >= 15 is 0 Å². The van der Waals surface area contributed by atoms with Crippen LogP contribution in [0, 0.1) is 0 Å². The lowest BCUT2D eigenvalue weighted by atomic mass is 10.1. The fraction of sp³-hybridized carbons (Fsp3) is 1.00. The summed E-state index contributed by atoms with van der Waals surface area (Å²) in [5, 5.41) is 0. The van der Waals surface area contributed by atoms with Crippen LogP contribution in [0.1, 0.15) is 39.0 Å². The van der Waals surface area contributed by atoms with Crippen molar-refractivity contribution in [2.45, 2.75) is 51.4 Å². The van der Waals surface area contributed by atoms with Crippen LogP contribution in [0.4, 0.5) is 0 Å². The number of hydrazine groups is 1. The summed E-state index contributed by atoms with van der Waals surface area (Å²) < 4.78 is 10.3. The van der Waals surface area contributed by atoms with Crippen molar-refractivity contribution in [3.05, 3.63) is 0 Å². The van der Waals surface area contributed by atoms with E-state index in [4.69, 9.17) is 15.3 Å². The van der Waals surface area contributed by atoms with Gasteiger partial charge in [0.1, 0.15) is 0 Å². The third-order valence-electron chi connectivity index (χ3n) is 2.38. The van der Waals surface area contributed by atoms with Crippen LogP contribution in [0.25, 0.3) is 0 Å². The fourth-order valence-corrected chi connectivity index (χ4v) is 1.51. The van der Waals surface area contributed by atoms with Gasteiger partial charge in [-0.3, -0.25) is 11.3 Å². The average Bonchev–Trinajstić information content (AvgIpc) is 2.23. The molecule has 1 unspecified atom stereocenters. The minimum atomic E-state index is -0.248. The Morgan fingerprint density at radius 2 is 1.79 bits per heavy atom. The summed E-state index contributed by atoms with van der Waals surface area (Å²) in [5.41, 5.74) is 2.73. The second-order valence-electron chi connectivity index (χ2n) is 3.46. The van der Waals surface area contributed by atoms with E-state index in [-0.39, 0.29) is 12.3 Å². The topological polar surface area (TPSA) is 56.5 Å². The summed E-state index contributed by atoms with van der Waals surface area (Å²) in [5.74, 6) is 5.43. The minimum Gasteiger partial charge on any atom is -0.354 e. The molecule has 0 aliphatic rings. The van der Waals surface area contributed by atoms with Gasteiger partial charge in [-0.1, -0.05) is 32.6 Å². The monoisotopic (exact) mass is 204 g/mol. The number of ether oxygens (including phenoxy) is 2. The van der Waals surface area contributed by atoms with Gasteiger partial charge < -0.3 is 9.47 Å². The Morgan fingerprint density at radius 1 is 1.14 bits per heavy atom. The summed E-state index contributed by atoms with van der Waals surface area (Å²) in [7, 11) is 3.26. The van der Waals surface area contributed by atoms with Gasteiger partial charge in [-0.25, -0.2) is 0 Å². The highest BCUT2D eigenvalue weighted by atomic mass is 16.7. The molecule has 86 valence electrons. The van der Waals surface area contributed by atoms with E-state index < -0.39 is 0 Å². The highest BCUT2D eigenvalue weighted by Gasteiger charge is 2.18. The lowest BCUT2D eigenvalue weighted by Gasteiger charge is -2.23. The van der Waals surface area contributed by atoms with Crippen LogP contribution in [0.5, 0.6) is 0 Å². The zero-order chi connectivity index (χ0) is 10.8. The van der Waals surface area contributed by atoms with E-state index in [0.717, 1.165) is 12.8 Å². The van der Waals surface area contributed by atoms with E-state index in [1.165, 1.54) is 19.3 Å². The second-order valence-corrected chi connectivity index (χ2v) is 3.46. The first-order valence-corrected chi connectivity index (χ1v) is 5.31. The van der Waals surface area contributed by atoms with E-state index in [1.807, 2.05) is 0 Å². The Morgan fingerprint density at radius 3 is 2.21 bits per heavy atom. The molecule has 0 aromatic rings. The van der Waals surface area contributed by atoms with Crippen molar-refractivity contribution in [3.8, 4) is 0 Å². The van der Waals surface area contributed by atoms with Crippen LogP contribution in [0.2, 0.25) is 0 Å². The molecule has 0 radical (unpaired) electrons. The van der Waals surface area contributed by atoms with Gasteiger partial charge in [0.15, 0.2) is 6.29 Å². The maximum absolute atomic E-state index is 5.43. The summed E-state index contributed by atoms with van der Waals surface area (Å²) >= 11 is 0. The Balaban J connectivity index is 3.65. The normalized spacial score (nSPS) is 13.5. The zero-order valence-corrected chi connectivity index (χ0v) is 9.58. The Hall–Kier alpha value is -0.160. The van der Waals surface area contributed by atoms with Crippen molar-refractivity contribution in [1.29, 1.82) is 0 Å². The minimum absolute atomic E-state index is 0.0851. The van der Waals surface area contributed by atoms with Crippen molar-refractivity contribution >= 4 is 0 Å². The smallest absolute Gasteiger partial charge is 0.173 e. The summed E-state index contributed by atoms with van der Waals surface area (Å²) in [4.78, 5) is 0. The number of hydrogen-bond donors (Lipinski definition) is 2. The number of nitrogens with one attached hydrogen (secondary N) is 1. The Labute approximate surface area is 87.1 Å². The zero-order valence-electron chi connectivity index (χ0n) is 9.58. The predicted molar refractivity (Wildman–Crippen MR) is 57.7 cm³/mol. The Kier molecular flexibility index (Phi) is 9.29. The molecule has 0 saturated carbocycles. The molecule has 1 atom stereocenters. The number of unbranched alkanes of at least 4 members (excludes halogenated alkanes) is 3. The van der Waals surface area contributed by atoms with Gasteiger partial charge in [0, 0.05) is 14.2 Å². The molecular formula is C10H24N2O2. The van der Waals surface area contributed by atoms with Crippen molar-refractivity contribution in [2.24, 2.45) is 5.84 Å². The molecule has 4 nitrogen and oxygen atoms in total. The lowest BCUT2D eigenvalue weighted by molar-refractivity contribution is -0.124. The molecule has 4 heteroatoms. The fourth-order valence-electron chi connectivity index (χ4n) is 1.51. The van der Waals surface area contributed by atoms with Crippen LogP contribution in [-0.2, 0) is 9.47 Å². The highest BCUT2D eigenvalue weighted by molar-refractivity contribution is 4.67.